The molecule has 2 aromatic rings. The predicted octanol–water partition coefficient (Wildman–Crippen LogP) is 3.28. The SMILES string of the molecule is Cc1cc(C)nc(N2CCC[C@@H](C(=O)NCc3ccccc3Cl)C2)n1. The van der Waals surface area contributed by atoms with E-state index in [0.717, 1.165) is 42.3 Å². The van der Waals surface area contributed by atoms with E-state index in [1.807, 2.05) is 44.2 Å². The van der Waals surface area contributed by atoms with Crippen molar-refractivity contribution in [1.29, 1.82) is 0 Å². The number of anilines is 1. The fraction of sp³-hybridized carbons (Fsp3) is 0.421. The molecule has 1 amide bonds. The van der Waals surface area contributed by atoms with Gasteiger partial charge in [0.15, 0.2) is 0 Å². The van der Waals surface area contributed by atoms with Crippen LogP contribution in [0.5, 0.6) is 0 Å². The Morgan fingerprint density at radius 2 is 2.00 bits per heavy atom. The zero-order valence-corrected chi connectivity index (χ0v) is 15.4. The first-order valence-electron chi connectivity index (χ1n) is 8.61. The summed E-state index contributed by atoms with van der Waals surface area (Å²) >= 11 is 6.15. The molecule has 0 unspecified atom stereocenters. The average Bonchev–Trinajstić information content (AvgIpc) is 2.60. The molecule has 132 valence electrons. The van der Waals surface area contributed by atoms with Gasteiger partial charge in [-0.2, -0.15) is 0 Å². The van der Waals surface area contributed by atoms with Crippen LogP contribution in [0.1, 0.15) is 29.8 Å². The summed E-state index contributed by atoms with van der Waals surface area (Å²) in [4.78, 5) is 23.7. The third kappa shape index (κ3) is 4.48. The number of piperidine rings is 1. The molecule has 5 nitrogen and oxygen atoms in total. The number of rotatable bonds is 4. The van der Waals surface area contributed by atoms with Gasteiger partial charge in [-0.05, 0) is 44.4 Å². The van der Waals surface area contributed by atoms with E-state index < -0.39 is 0 Å². The first-order chi connectivity index (χ1) is 12.0. The summed E-state index contributed by atoms with van der Waals surface area (Å²) in [5.74, 6) is 0.732. The largest absolute Gasteiger partial charge is 0.352 e. The van der Waals surface area contributed by atoms with E-state index in [1.165, 1.54) is 0 Å². The highest BCUT2D eigenvalue weighted by Crippen LogP contribution is 2.22. The average molecular weight is 359 g/mol. The molecule has 0 bridgehead atoms. The number of halogens is 1. The molecular formula is C19H23ClN4O. The van der Waals surface area contributed by atoms with Crippen LogP contribution >= 0.6 is 11.6 Å². The lowest BCUT2D eigenvalue weighted by atomic mass is 9.97. The molecule has 1 N–H and O–H groups in total. The normalized spacial score (nSPS) is 17.4. The Morgan fingerprint density at radius 1 is 1.28 bits per heavy atom. The minimum atomic E-state index is -0.0549. The lowest BCUT2D eigenvalue weighted by Crippen LogP contribution is -2.43. The number of hydrogen-bond donors (Lipinski definition) is 1. The van der Waals surface area contributed by atoms with Crippen molar-refractivity contribution in [2.45, 2.75) is 33.2 Å². The maximum Gasteiger partial charge on any atom is 0.225 e. The summed E-state index contributed by atoms with van der Waals surface area (Å²) in [5, 5.41) is 3.69. The van der Waals surface area contributed by atoms with Crippen LogP contribution in [0.2, 0.25) is 5.02 Å². The molecule has 1 saturated heterocycles. The lowest BCUT2D eigenvalue weighted by molar-refractivity contribution is -0.125. The molecule has 25 heavy (non-hydrogen) atoms. The molecule has 1 aromatic carbocycles. The van der Waals surface area contributed by atoms with Gasteiger partial charge in [0.05, 0.1) is 5.92 Å². The van der Waals surface area contributed by atoms with E-state index in [9.17, 15) is 4.79 Å². The Kier molecular flexibility index (Phi) is 5.53. The van der Waals surface area contributed by atoms with E-state index in [4.69, 9.17) is 11.6 Å². The third-order valence-corrected chi connectivity index (χ3v) is 4.83. The van der Waals surface area contributed by atoms with Crippen molar-refractivity contribution in [2.75, 3.05) is 18.0 Å². The highest BCUT2D eigenvalue weighted by molar-refractivity contribution is 6.31. The van der Waals surface area contributed by atoms with Crippen LogP contribution < -0.4 is 10.2 Å². The fourth-order valence-electron chi connectivity index (χ4n) is 3.19. The molecule has 0 spiro atoms. The van der Waals surface area contributed by atoms with E-state index in [2.05, 4.69) is 20.2 Å². The van der Waals surface area contributed by atoms with Crippen LogP contribution in [0.15, 0.2) is 30.3 Å². The summed E-state index contributed by atoms with van der Waals surface area (Å²) in [6.45, 7) is 5.93. The highest BCUT2D eigenvalue weighted by Gasteiger charge is 2.27. The van der Waals surface area contributed by atoms with Gasteiger partial charge < -0.3 is 10.2 Å². The van der Waals surface area contributed by atoms with E-state index in [0.29, 0.717) is 18.1 Å². The van der Waals surface area contributed by atoms with E-state index >= 15 is 0 Å². The second-order valence-corrected chi connectivity index (χ2v) is 6.95. The number of carbonyl (C=O) groups excluding carboxylic acids is 1. The van der Waals surface area contributed by atoms with E-state index in [-0.39, 0.29) is 11.8 Å². The molecular weight excluding hydrogens is 336 g/mol. The molecule has 0 saturated carbocycles. The lowest BCUT2D eigenvalue weighted by Gasteiger charge is -2.32. The van der Waals surface area contributed by atoms with Crippen molar-refractivity contribution in [1.82, 2.24) is 15.3 Å². The van der Waals surface area contributed by atoms with E-state index in [1.54, 1.807) is 0 Å². The smallest absolute Gasteiger partial charge is 0.225 e. The van der Waals surface area contributed by atoms with Gasteiger partial charge in [-0.3, -0.25) is 4.79 Å². The molecule has 1 atom stereocenters. The minimum absolute atomic E-state index is 0.0549. The molecule has 0 radical (unpaired) electrons. The van der Waals surface area contributed by atoms with Crippen molar-refractivity contribution in [3.63, 3.8) is 0 Å². The monoisotopic (exact) mass is 358 g/mol. The summed E-state index contributed by atoms with van der Waals surface area (Å²) in [6, 6.07) is 9.53. The highest BCUT2D eigenvalue weighted by atomic mass is 35.5. The maximum absolute atomic E-state index is 12.6. The van der Waals surface area contributed by atoms with Crippen LogP contribution in [0.25, 0.3) is 0 Å². The van der Waals surface area contributed by atoms with Crippen molar-refractivity contribution >= 4 is 23.5 Å². The van der Waals surface area contributed by atoms with Crippen LogP contribution in [0, 0.1) is 19.8 Å². The minimum Gasteiger partial charge on any atom is -0.352 e. The van der Waals surface area contributed by atoms with Gasteiger partial charge in [-0.25, -0.2) is 9.97 Å². The fourth-order valence-corrected chi connectivity index (χ4v) is 3.39. The Bertz CT molecular complexity index is 745. The quantitative estimate of drug-likeness (QED) is 0.911. The number of nitrogens with one attached hydrogen (secondary N) is 1. The predicted molar refractivity (Wildman–Crippen MR) is 99.7 cm³/mol. The van der Waals surface area contributed by atoms with Gasteiger partial charge in [-0.15, -0.1) is 0 Å². The molecule has 1 aromatic heterocycles. The Hall–Kier alpha value is -2.14. The third-order valence-electron chi connectivity index (χ3n) is 4.46. The number of aromatic nitrogens is 2. The van der Waals surface area contributed by atoms with Gasteiger partial charge in [0, 0.05) is 36.0 Å². The number of nitrogens with zero attached hydrogens (tertiary/aromatic N) is 3. The maximum atomic E-state index is 12.6. The van der Waals surface area contributed by atoms with Crippen LogP contribution in [-0.4, -0.2) is 29.0 Å². The zero-order chi connectivity index (χ0) is 17.8. The Balaban J connectivity index is 1.62. The van der Waals surface area contributed by atoms with Crippen LogP contribution in [-0.2, 0) is 11.3 Å². The van der Waals surface area contributed by atoms with Crippen molar-refractivity contribution in [3.8, 4) is 0 Å². The number of benzene rings is 1. The van der Waals surface area contributed by atoms with Gasteiger partial charge in [0.1, 0.15) is 0 Å². The summed E-state index contributed by atoms with van der Waals surface area (Å²) in [7, 11) is 0. The number of carbonyl (C=O) groups is 1. The molecule has 1 fully saturated rings. The van der Waals surface area contributed by atoms with Crippen LogP contribution in [0.3, 0.4) is 0 Å². The zero-order valence-electron chi connectivity index (χ0n) is 14.6. The first-order valence-corrected chi connectivity index (χ1v) is 8.99. The molecule has 2 heterocycles. The summed E-state index contributed by atoms with van der Waals surface area (Å²) < 4.78 is 0. The first kappa shape index (κ1) is 17.7. The van der Waals surface area contributed by atoms with Gasteiger partial charge >= 0.3 is 0 Å². The summed E-state index contributed by atoms with van der Waals surface area (Å²) in [6.07, 6.45) is 1.84. The topological polar surface area (TPSA) is 58.1 Å². The second kappa shape index (κ2) is 7.83. The molecule has 6 heteroatoms. The molecule has 1 aliphatic heterocycles. The van der Waals surface area contributed by atoms with Crippen LogP contribution in [0.4, 0.5) is 5.95 Å². The van der Waals surface area contributed by atoms with Gasteiger partial charge in [0.25, 0.3) is 0 Å². The Morgan fingerprint density at radius 3 is 2.72 bits per heavy atom. The molecule has 0 aliphatic carbocycles. The van der Waals surface area contributed by atoms with Gasteiger partial charge in [0.2, 0.25) is 11.9 Å². The van der Waals surface area contributed by atoms with Crippen molar-refractivity contribution in [3.05, 3.63) is 52.3 Å². The van der Waals surface area contributed by atoms with Gasteiger partial charge in [-0.1, -0.05) is 29.8 Å². The number of aryl methyl sites for hydroxylation is 2. The van der Waals surface area contributed by atoms with Crippen molar-refractivity contribution < 1.29 is 4.79 Å². The molecule has 1 aliphatic rings. The molecule has 3 rings (SSSR count). The number of hydrogen-bond acceptors (Lipinski definition) is 4. The standard InChI is InChI=1S/C19H23ClN4O/c1-13-10-14(2)23-19(22-13)24-9-5-7-16(12-24)18(25)21-11-15-6-3-4-8-17(15)20/h3-4,6,8,10,16H,5,7,9,11-12H2,1-2H3,(H,21,25)/t16-/m1/s1. The second-order valence-electron chi connectivity index (χ2n) is 6.55. The van der Waals surface area contributed by atoms with Crippen molar-refractivity contribution in [2.24, 2.45) is 5.92 Å². The summed E-state index contributed by atoms with van der Waals surface area (Å²) in [5.41, 5.74) is 2.84. The number of amides is 1. The Labute approximate surface area is 153 Å².